The number of hydrogen-bond donors (Lipinski definition) is 1. The maximum absolute atomic E-state index is 13.6. The molecule has 0 saturated heterocycles. The Morgan fingerprint density at radius 1 is 1.22 bits per heavy atom. The molecule has 0 aliphatic heterocycles. The number of halogens is 1. The Morgan fingerprint density at radius 2 is 2.00 bits per heavy atom. The van der Waals surface area contributed by atoms with E-state index in [1.165, 1.54) is 38.2 Å². The van der Waals surface area contributed by atoms with Gasteiger partial charge in [-0.15, -0.1) is 0 Å². The van der Waals surface area contributed by atoms with Crippen LogP contribution in [0.1, 0.15) is 44.1 Å². The molecular formula is C15H22FNO. The van der Waals surface area contributed by atoms with Crippen molar-refractivity contribution in [3.63, 3.8) is 0 Å². The van der Waals surface area contributed by atoms with Gasteiger partial charge in [0, 0.05) is 6.54 Å². The number of hydrogen-bond acceptors (Lipinski definition) is 2. The number of nitrogens with two attached hydrogens (primary N) is 1. The molecule has 1 fully saturated rings. The number of benzene rings is 1. The summed E-state index contributed by atoms with van der Waals surface area (Å²) in [7, 11) is 0. The molecule has 0 amide bonds. The summed E-state index contributed by atoms with van der Waals surface area (Å²) in [5.41, 5.74) is 6.26. The van der Waals surface area contributed by atoms with Crippen LogP contribution in [0.5, 0.6) is 5.75 Å². The molecule has 2 N–H and O–H groups in total. The van der Waals surface area contributed by atoms with Crippen molar-refractivity contribution in [3.8, 4) is 5.75 Å². The predicted octanol–water partition coefficient (Wildman–Crippen LogP) is 3.63. The highest BCUT2D eigenvalue weighted by Crippen LogP contribution is 2.26. The van der Waals surface area contributed by atoms with E-state index in [-0.39, 0.29) is 5.82 Å². The highest BCUT2D eigenvalue weighted by Gasteiger charge is 2.13. The lowest BCUT2D eigenvalue weighted by Gasteiger charge is -2.21. The fraction of sp³-hybridized carbons (Fsp3) is 0.600. The molecule has 0 unspecified atom stereocenters. The zero-order valence-corrected chi connectivity index (χ0v) is 10.8. The summed E-state index contributed by atoms with van der Waals surface area (Å²) in [5.74, 6) is 0.815. The molecule has 2 nitrogen and oxygen atoms in total. The zero-order valence-electron chi connectivity index (χ0n) is 10.8. The van der Waals surface area contributed by atoms with Crippen LogP contribution in [0.3, 0.4) is 0 Å². The molecule has 1 aromatic rings. The molecule has 1 aliphatic carbocycles. The van der Waals surface area contributed by atoms with E-state index in [2.05, 4.69) is 0 Å². The molecule has 1 aliphatic rings. The van der Waals surface area contributed by atoms with E-state index < -0.39 is 0 Å². The van der Waals surface area contributed by atoms with Crippen LogP contribution in [0.4, 0.5) is 4.39 Å². The second-order valence-electron chi connectivity index (χ2n) is 5.11. The fourth-order valence-corrected chi connectivity index (χ4v) is 2.60. The third kappa shape index (κ3) is 3.70. The second kappa shape index (κ2) is 6.74. The van der Waals surface area contributed by atoms with Crippen LogP contribution < -0.4 is 10.5 Å². The molecule has 0 bridgehead atoms. The van der Waals surface area contributed by atoms with Crippen LogP contribution in [0.25, 0.3) is 0 Å². The smallest absolute Gasteiger partial charge is 0.165 e. The van der Waals surface area contributed by atoms with Gasteiger partial charge in [-0.1, -0.05) is 38.2 Å². The number of ether oxygens (including phenoxy) is 1. The van der Waals surface area contributed by atoms with Gasteiger partial charge in [0.05, 0.1) is 6.61 Å². The summed E-state index contributed by atoms with van der Waals surface area (Å²) in [6, 6.07) is 4.95. The Kier molecular flexibility index (Phi) is 5.00. The van der Waals surface area contributed by atoms with Gasteiger partial charge in [0.25, 0.3) is 0 Å². The molecule has 0 aromatic heterocycles. The third-order valence-corrected chi connectivity index (χ3v) is 3.74. The molecule has 3 heteroatoms. The van der Waals surface area contributed by atoms with Crippen molar-refractivity contribution < 1.29 is 9.13 Å². The van der Waals surface area contributed by atoms with Crippen LogP contribution >= 0.6 is 0 Å². The van der Waals surface area contributed by atoms with E-state index in [1.807, 2.05) is 6.07 Å². The monoisotopic (exact) mass is 251 g/mol. The maximum Gasteiger partial charge on any atom is 0.165 e. The zero-order chi connectivity index (χ0) is 12.8. The normalized spacial score (nSPS) is 16.8. The Morgan fingerprint density at radius 3 is 2.67 bits per heavy atom. The topological polar surface area (TPSA) is 35.2 Å². The first-order chi connectivity index (χ1) is 8.79. The van der Waals surface area contributed by atoms with Crippen molar-refractivity contribution >= 4 is 0 Å². The van der Waals surface area contributed by atoms with E-state index in [1.54, 1.807) is 6.07 Å². The van der Waals surface area contributed by atoms with Crippen molar-refractivity contribution in [2.45, 2.75) is 45.1 Å². The lowest BCUT2D eigenvalue weighted by Crippen LogP contribution is -2.11. The van der Waals surface area contributed by atoms with E-state index in [0.717, 1.165) is 17.9 Å². The van der Waals surface area contributed by atoms with Crippen LogP contribution in [0.15, 0.2) is 18.2 Å². The second-order valence-corrected chi connectivity index (χ2v) is 5.11. The van der Waals surface area contributed by atoms with Gasteiger partial charge in [0.1, 0.15) is 0 Å². The maximum atomic E-state index is 13.6. The Bertz CT molecular complexity index is 375. The average molecular weight is 251 g/mol. The van der Waals surface area contributed by atoms with Gasteiger partial charge in [-0.2, -0.15) is 0 Å². The van der Waals surface area contributed by atoms with Crippen molar-refractivity contribution in [1.29, 1.82) is 0 Å². The molecule has 0 atom stereocenters. The van der Waals surface area contributed by atoms with Gasteiger partial charge >= 0.3 is 0 Å². The molecule has 18 heavy (non-hydrogen) atoms. The van der Waals surface area contributed by atoms with Gasteiger partial charge < -0.3 is 10.5 Å². The average Bonchev–Trinajstić information content (AvgIpc) is 2.42. The standard InChI is InChI=1S/C15H22FNO/c16-14-10-13(11-17)6-7-15(14)18-9-8-12-4-2-1-3-5-12/h6-7,10,12H,1-5,8-9,11,17H2. The first kappa shape index (κ1) is 13.3. The summed E-state index contributed by atoms with van der Waals surface area (Å²) in [6.45, 7) is 0.975. The molecule has 1 aromatic carbocycles. The lowest BCUT2D eigenvalue weighted by molar-refractivity contribution is 0.239. The van der Waals surface area contributed by atoms with Gasteiger partial charge in [-0.05, 0) is 30.0 Å². The van der Waals surface area contributed by atoms with E-state index in [0.29, 0.717) is 18.9 Å². The number of rotatable bonds is 5. The molecule has 100 valence electrons. The van der Waals surface area contributed by atoms with Crippen molar-refractivity contribution in [3.05, 3.63) is 29.6 Å². The Balaban J connectivity index is 1.79. The lowest BCUT2D eigenvalue weighted by atomic mass is 9.87. The minimum Gasteiger partial charge on any atom is -0.491 e. The summed E-state index contributed by atoms with van der Waals surface area (Å²) >= 11 is 0. The minimum atomic E-state index is -0.304. The molecule has 0 heterocycles. The highest BCUT2D eigenvalue weighted by atomic mass is 19.1. The Hall–Kier alpha value is -1.09. The summed E-state index contributed by atoms with van der Waals surface area (Å²) in [6.07, 6.45) is 7.69. The predicted molar refractivity (Wildman–Crippen MR) is 71.0 cm³/mol. The first-order valence-corrected chi connectivity index (χ1v) is 6.91. The SMILES string of the molecule is NCc1ccc(OCCC2CCCCC2)c(F)c1. The fourth-order valence-electron chi connectivity index (χ4n) is 2.60. The Labute approximate surface area is 108 Å². The van der Waals surface area contributed by atoms with Gasteiger partial charge in [0.2, 0.25) is 0 Å². The van der Waals surface area contributed by atoms with E-state index >= 15 is 0 Å². The van der Waals surface area contributed by atoms with Crippen molar-refractivity contribution in [1.82, 2.24) is 0 Å². The van der Waals surface area contributed by atoms with Gasteiger partial charge in [-0.25, -0.2) is 4.39 Å². The molecule has 0 spiro atoms. The first-order valence-electron chi connectivity index (χ1n) is 6.91. The van der Waals surface area contributed by atoms with Crippen LogP contribution in [-0.4, -0.2) is 6.61 Å². The molecule has 2 rings (SSSR count). The van der Waals surface area contributed by atoms with Crippen LogP contribution in [0.2, 0.25) is 0 Å². The molecular weight excluding hydrogens is 229 g/mol. The largest absolute Gasteiger partial charge is 0.491 e. The van der Waals surface area contributed by atoms with Gasteiger partial charge in [0.15, 0.2) is 11.6 Å². The van der Waals surface area contributed by atoms with Crippen LogP contribution in [0, 0.1) is 11.7 Å². The van der Waals surface area contributed by atoms with E-state index in [4.69, 9.17) is 10.5 Å². The highest BCUT2D eigenvalue weighted by molar-refractivity contribution is 5.29. The van der Waals surface area contributed by atoms with Crippen molar-refractivity contribution in [2.24, 2.45) is 11.7 Å². The molecule has 1 saturated carbocycles. The summed E-state index contributed by atoms with van der Waals surface area (Å²) in [5, 5.41) is 0. The van der Waals surface area contributed by atoms with Crippen LogP contribution in [-0.2, 0) is 6.54 Å². The van der Waals surface area contributed by atoms with Gasteiger partial charge in [-0.3, -0.25) is 0 Å². The van der Waals surface area contributed by atoms with E-state index in [9.17, 15) is 4.39 Å². The van der Waals surface area contributed by atoms with Crippen molar-refractivity contribution in [2.75, 3.05) is 6.61 Å². The summed E-state index contributed by atoms with van der Waals surface area (Å²) in [4.78, 5) is 0. The summed E-state index contributed by atoms with van der Waals surface area (Å²) < 4.78 is 19.1. The third-order valence-electron chi connectivity index (χ3n) is 3.74. The minimum absolute atomic E-state index is 0.304. The molecule has 0 radical (unpaired) electrons. The quantitative estimate of drug-likeness (QED) is 0.867.